The Kier molecular flexibility index (Phi) is 8.06. The molecule has 2 aromatic rings. The molecule has 0 aliphatic carbocycles. The number of methoxy groups -OCH3 is 1. The summed E-state index contributed by atoms with van der Waals surface area (Å²) in [5, 5.41) is 3.18. The molecule has 1 N–H and O–H groups in total. The molecule has 2 aliphatic rings. The number of likely N-dealkylation sites (tertiary alicyclic amines) is 1. The standard InChI is InChI=1S/C27H36N4O3/c1-21-8-5-10-23(18-21)26(32)30-14-7-15-31(17-16-30)27(33)28-20-25(29-12-3-4-13-29)22-9-6-11-24(19-22)34-2/h5-6,8-11,18-19,25H,3-4,7,12-17,20H2,1-2H3,(H,28,33). The van der Waals surface area contributed by atoms with Gasteiger partial charge in [0.2, 0.25) is 0 Å². The van der Waals surface area contributed by atoms with Gasteiger partial charge in [-0.1, -0.05) is 29.8 Å². The molecule has 7 nitrogen and oxygen atoms in total. The van der Waals surface area contributed by atoms with Crippen LogP contribution in [0.25, 0.3) is 0 Å². The van der Waals surface area contributed by atoms with Gasteiger partial charge in [0, 0.05) is 38.3 Å². The van der Waals surface area contributed by atoms with Crippen molar-refractivity contribution in [1.29, 1.82) is 0 Å². The van der Waals surface area contributed by atoms with Gasteiger partial charge in [-0.25, -0.2) is 4.79 Å². The van der Waals surface area contributed by atoms with E-state index in [2.05, 4.69) is 22.3 Å². The highest BCUT2D eigenvalue weighted by molar-refractivity contribution is 5.94. The maximum absolute atomic E-state index is 13.1. The fourth-order valence-electron chi connectivity index (χ4n) is 4.94. The first kappa shape index (κ1) is 24.1. The summed E-state index contributed by atoms with van der Waals surface area (Å²) < 4.78 is 5.42. The molecule has 0 saturated carbocycles. The first-order valence-corrected chi connectivity index (χ1v) is 12.3. The van der Waals surface area contributed by atoms with Crippen molar-refractivity contribution in [1.82, 2.24) is 20.0 Å². The van der Waals surface area contributed by atoms with Crippen LogP contribution in [0.4, 0.5) is 4.79 Å². The van der Waals surface area contributed by atoms with Crippen LogP contribution in [0.3, 0.4) is 0 Å². The van der Waals surface area contributed by atoms with Crippen molar-refractivity contribution in [3.8, 4) is 5.75 Å². The largest absolute Gasteiger partial charge is 0.497 e. The average molecular weight is 465 g/mol. The molecule has 7 heteroatoms. The number of rotatable bonds is 6. The third-order valence-electron chi connectivity index (χ3n) is 6.84. The predicted molar refractivity (Wildman–Crippen MR) is 133 cm³/mol. The van der Waals surface area contributed by atoms with Gasteiger partial charge in [0.25, 0.3) is 5.91 Å². The number of urea groups is 1. The highest BCUT2D eigenvalue weighted by Gasteiger charge is 2.27. The van der Waals surface area contributed by atoms with E-state index in [0.717, 1.165) is 36.4 Å². The van der Waals surface area contributed by atoms with Crippen molar-refractivity contribution >= 4 is 11.9 Å². The van der Waals surface area contributed by atoms with Gasteiger partial charge in [-0.3, -0.25) is 9.69 Å². The SMILES string of the molecule is COc1cccc(C(CNC(=O)N2CCCN(C(=O)c3cccc(C)c3)CC2)N2CCCC2)c1. The van der Waals surface area contributed by atoms with E-state index in [9.17, 15) is 9.59 Å². The van der Waals surface area contributed by atoms with E-state index in [1.165, 1.54) is 12.8 Å². The summed E-state index contributed by atoms with van der Waals surface area (Å²) in [6, 6.07) is 15.9. The zero-order chi connectivity index (χ0) is 23.9. The van der Waals surface area contributed by atoms with Crippen LogP contribution in [0, 0.1) is 6.92 Å². The minimum atomic E-state index is -0.0584. The van der Waals surface area contributed by atoms with E-state index in [0.29, 0.717) is 38.3 Å². The first-order valence-electron chi connectivity index (χ1n) is 12.3. The van der Waals surface area contributed by atoms with Crippen molar-refractivity contribution in [2.75, 3.05) is 52.9 Å². The number of nitrogens with zero attached hydrogens (tertiary/aromatic N) is 3. The summed E-state index contributed by atoms with van der Waals surface area (Å²) in [5.41, 5.74) is 2.95. The van der Waals surface area contributed by atoms with Gasteiger partial charge in [0.15, 0.2) is 0 Å². The molecule has 2 fully saturated rings. The average Bonchev–Trinajstić information content (AvgIpc) is 3.27. The molecule has 3 amide bonds. The van der Waals surface area contributed by atoms with Crippen molar-refractivity contribution in [3.63, 3.8) is 0 Å². The molecular weight excluding hydrogens is 428 g/mol. The van der Waals surface area contributed by atoms with Crippen LogP contribution in [0.5, 0.6) is 5.75 Å². The fraction of sp³-hybridized carbons (Fsp3) is 0.481. The Morgan fingerprint density at radius 3 is 2.41 bits per heavy atom. The Morgan fingerprint density at radius 1 is 0.912 bits per heavy atom. The molecule has 2 aromatic carbocycles. The van der Waals surface area contributed by atoms with E-state index >= 15 is 0 Å². The number of hydrogen-bond donors (Lipinski definition) is 1. The van der Waals surface area contributed by atoms with Gasteiger partial charge in [0.05, 0.1) is 13.2 Å². The molecule has 2 aliphatic heterocycles. The van der Waals surface area contributed by atoms with Crippen LogP contribution >= 0.6 is 0 Å². The van der Waals surface area contributed by atoms with E-state index in [-0.39, 0.29) is 18.0 Å². The smallest absolute Gasteiger partial charge is 0.317 e. The van der Waals surface area contributed by atoms with Gasteiger partial charge in [-0.2, -0.15) is 0 Å². The van der Waals surface area contributed by atoms with Crippen LogP contribution < -0.4 is 10.1 Å². The minimum absolute atomic E-state index is 0.0399. The summed E-state index contributed by atoms with van der Waals surface area (Å²) in [6.45, 7) is 7.02. The minimum Gasteiger partial charge on any atom is -0.497 e. The van der Waals surface area contributed by atoms with Gasteiger partial charge >= 0.3 is 6.03 Å². The van der Waals surface area contributed by atoms with Crippen LogP contribution in [-0.4, -0.2) is 79.6 Å². The highest BCUT2D eigenvalue weighted by Crippen LogP contribution is 2.27. The lowest BCUT2D eigenvalue weighted by Crippen LogP contribution is -2.45. The molecule has 4 rings (SSSR count). The fourth-order valence-corrected chi connectivity index (χ4v) is 4.94. The number of amides is 3. The van der Waals surface area contributed by atoms with Crippen molar-refractivity contribution in [2.24, 2.45) is 0 Å². The number of ether oxygens (including phenoxy) is 1. The molecule has 34 heavy (non-hydrogen) atoms. The number of benzene rings is 2. The molecule has 0 aromatic heterocycles. The van der Waals surface area contributed by atoms with Gasteiger partial charge in [-0.15, -0.1) is 0 Å². The lowest BCUT2D eigenvalue weighted by Gasteiger charge is -2.30. The zero-order valence-corrected chi connectivity index (χ0v) is 20.3. The Hall–Kier alpha value is -3.06. The van der Waals surface area contributed by atoms with Crippen molar-refractivity contribution in [3.05, 3.63) is 65.2 Å². The molecule has 182 valence electrons. The summed E-state index contributed by atoms with van der Waals surface area (Å²) in [7, 11) is 1.68. The second kappa shape index (κ2) is 11.4. The summed E-state index contributed by atoms with van der Waals surface area (Å²) in [5.74, 6) is 0.872. The zero-order valence-electron chi connectivity index (χ0n) is 20.3. The van der Waals surface area contributed by atoms with E-state index < -0.39 is 0 Å². The topological polar surface area (TPSA) is 65.1 Å². The number of aryl methyl sites for hydroxylation is 1. The molecule has 0 spiro atoms. The van der Waals surface area contributed by atoms with Crippen molar-refractivity contribution < 1.29 is 14.3 Å². The molecule has 1 unspecified atom stereocenters. The molecule has 1 atom stereocenters. The molecular formula is C27H36N4O3. The maximum atomic E-state index is 13.1. The highest BCUT2D eigenvalue weighted by atomic mass is 16.5. The molecule has 2 saturated heterocycles. The van der Waals surface area contributed by atoms with Crippen molar-refractivity contribution in [2.45, 2.75) is 32.2 Å². The van der Waals surface area contributed by atoms with Crippen LogP contribution in [-0.2, 0) is 0 Å². The molecule has 0 bridgehead atoms. The Morgan fingerprint density at radius 2 is 1.65 bits per heavy atom. The summed E-state index contributed by atoms with van der Waals surface area (Å²) in [4.78, 5) is 32.2. The van der Waals surface area contributed by atoms with E-state index in [1.807, 2.05) is 53.1 Å². The number of nitrogens with one attached hydrogen (secondary N) is 1. The quantitative estimate of drug-likeness (QED) is 0.708. The third kappa shape index (κ3) is 5.89. The second-order valence-electron chi connectivity index (χ2n) is 9.22. The number of hydrogen-bond acceptors (Lipinski definition) is 4. The third-order valence-corrected chi connectivity index (χ3v) is 6.84. The van der Waals surface area contributed by atoms with E-state index in [1.54, 1.807) is 7.11 Å². The molecule has 2 heterocycles. The number of carbonyl (C=O) groups is 2. The van der Waals surface area contributed by atoms with Gasteiger partial charge < -0.3 is 19.9 Å². The van der Waals surface area contributed by atoms with Gasteiger partial charge in [-0.05, 0) is 69.1 Å². The van der Waals surface area contributed by atoms with Crippen LogP contribution in [0.1, 0.15) is 46.8 Å². The van der Waals surface area contributed by atoms with Crippen LogP contribution in [0.2, 0.25) is 0 Å². The monoisotopic (exact) mass is 464 g/mol. The Bertz CT molecular complexity index is 989. The Balaban J connectivity index is 1.36. The lowest BCUT2D eigenvalue weighted by atomic mass is 10.1. The second-order valence-corrected chi connectivity index (χ2v) is 9.22. The summed E-state index contributed by atoms with van der Waals surface area (Å²) in [6.07, 6.45) is 3.15. The molecule has 0 radical (unpaired) electrons. The maximum Gasteiger partial charge on any atom is 0.317 e. The normalized spacial score (nSPS) is 17.8. The van der Waals surface area contributed by atoms with Gasteiger partial charge in [0.1, 0.15) is 5.75 Å². The predicted octanol–water partition coefficient (Wildman–Crippen LogP) is 3.70. The lowest BCUT2D eigenvalue weighted by molar-refractivity contribution is 0.0762. The Labute approximate surface area is 202 Å². The number of carbonyl (C=O) groups excluding carboxylic acids is 2. The van der Waals surface area contributed by atoms with E-state index in [4.69, 9.17) is 4.74 Å². The first-order chi connectivity index (χ1) is 16.5. The summed E-state index contributed by atoms with van der Waals surface area (Å²) >= 11 is 0. The van der Waals surface area contributed by atoms with Crippen LogP contribution in [0.15, 0.2) is 48.5 Å².